The lowest BCUT2D eigenvalue weighted by Gasteiger charge is -2.27. The maximum Gasteiger partial charge on any atom is 0.163 e. The summed E-state index contributed by atoms with van der Waals surface area (Å²) in [4.78, 5) is 14.5. The molecule has 0 aliphatic carbocycles. The Bertz CT molecular complexity index is 1100. The molecule has 5 rings (SSSR count). The van der Waals surface area contributed by atoms with Crippen LogP contribution in [-0.4, -0.2) is 37.8 Å². The molecular weight excluding hydrogens is 312 g/mol. The first kappa shape index (κ1) is 14.2. The topological polar surface area (TPSA) is 62.6 Å². The fourth-order valence-corrected chi connectivity index (χ4v) is 3.65. The molecule has 3 aromatic heterocycles. The van der Waals surface area contributed by atoms with Crippen molar-refractivity contribution in [1.29, 1.82) is 0 Å². The number of anilines is 1. The van der Waals surface area contributed by atoms with Gasteiger partial charge in [0.25, 0.3) is 0 Å². The van der Waals surface area contributed by atoms with E-state index in [1.807, 2.05) is 13.2 Å². The average Bonchev–Trinajstić information content (AvgIpc) is 3.26. The van der Waals surface area contributed by atoms with Crippen molar-refractivity contribution in [2.24, 2.45) is 7.05 Å². The Hall–Kier alpha value is -3.15. The molecule has 6 heteroatoms. The van der Waals surface area contributed by atoms with Crippen molar-refractivity contribution in [1.82, 2.24) is 24.7 Å². The summed E-state index contributed by atoms with van der Waals surface area (Å²) in [6.07, 6.45) is 8.90. The van der Waals surface area contributed by atoms with E-state index in [-0.39, 0.29) is 0 Å². The van der Waals surface area contributed by atoms with Gasteiger partial charge in [-0.15, -0.1) is 0 Å². The number of aromatic nitrogens is 5. The molecule has 0 atom stereocenters. The molecule has 4 heterocycles. The van der Waals surface area contributed by atoms with E-state index in [0.717, 1.165) is 36.4 Å². The van der Waals surface area contributed by atoms with Gasteiger partial charge in [-0.3, -0.25) is 4.68 Å². The Labute approximate surface area is 144 Å². The number of hydrogen-bond acceptors (Lipinski definition) is 4. The number of rotatable bonds is 2. The van der Waals surface area contributed by atoms with Crippen molar-refractivity contribution in [3.63, 3.8) is 0 Å². The van der Waals surface area contributed by atoms with Gasteiger partial charge in [-0.25, -0.2) is 9.97 Å². The van der Waals surface area contributed by atoms with Gasteiger partial charge in [0.05, 0.1) is 11.6 Å². The highest BCUT2D eigenvalue weighted by molar-refractivity contribution is 5.93. The van der Waals surface area contributed by atoms with Crippen LogP contribution in [0, 0.1) is 0 Å². The molecule has 6 nitrogen and oxygen atoms in total. The summed E-state index contributed by atoms with van der Waals surface area (Å²) in [7, 11) is 1.91. The van der Waals surface area contributed by atoms with Gasteiger partial charge in [-0.2, -0.15) is 5.10 Å². The molecule has 0 unspecified atom stereocenters. The van der Waals surface area contributed by atoms with Crippen LogP contribution in [0.2, 0.25) is 0 Å². The SMILES string of the molecule is Cn1ncc2c(N3CC=C(c4c[nH]c5ccccc45)CC3)ncnc21. The largest absolute Gasteiger partial charge is 0.361 e. The fraction of sp³-hybridized carbons (Fsp3) is 0.211. The van der Waals surface area contributed by atoms with Gasteiger partial charge in [0.15, 0.2) is 5.65 Å². The zero-order valence-electron chi connectivity index (χ0n) is 14.0. The minimum Gasteiger partial charge on any atom is -0.361 e. The van der Waals surface area contributed by atoms with Gasteiger partial charge in [-0.1, -0.05) is 24.3 Å². The zero-order valence-corrected chi connectivity index (χ0v) is 14.0. The Morgan fingerprint density at radius 1 is 1.12 bits per heavy atom. The third kappa shape index (κ3) is 2.21. The maximum absolute atomic E-state index is 4.51. The third-order valence-electron chi connectivity index (χ3n) is 4.95. The van der Waals surface area contributed by atoms with Crippen molar-refractivity contribution in [3.8, 4) is 0 Å². The summed E-state index contributed by atoms with van der Waals surface area (Å²) in [6.45, 7) is 1.78. The molecule has 1 aromatic carbocycles. The Morgan fingerprint density at radius 3 is 2.92 bits per heavy atom. The smallest absolute Gasteiger partial charge is 0.163 e. The summed E-state index contributed by atoms with van der Waals surface area (Å²) < 4.78 is 1.79. The third-order valence-corrected chi connectivity index (χ3v) is 4.95. The van der Waals surface area contributed by atoms with Crippen molar-refractivity contribution < 1.29 is 0 Å². The molecule has 0 radical (unpaired) electrons. The van der Waals surface area contributed by atoms with Crippen molar-refractivity contribution >= 4 is 33.3 Å². The monoisotopic (exact) mass is 330 g/mol. The number of nitrogens with one attached hydrogen (secondary N) is 1. The van der Waals surface area contributed by atoms with E-state index < -0.39 is 0 Å². The first-order valence-electron chi connectivity index (χ1n) is 8.44. The maximum atomic E-state index is 4.51. The summed E-state index contributed by atoms with van der Waals surface area (Å²) in [6, 6.07) is 8.45. The first-order chi connectivity index (χ1) is 12.3. The highest BCUT2D eigenvalue weighted by atomic mass is 15.3. The molecule has 1 aliphatic rings. The number of nitrogens with zero attached hydrogens (tertiary/aromatic N) is 5. The molecule has 0 fully saturated rings. The molecule has 0 spiro atoms. The zero-order chi connectivity index (χ0) is 16.8. The second-order valence-electron chi connectivity index (χ2n) is 6.38. The Kier molecular flexibility index (Phi) is 3.09. The lowest BCUT2D eigenvalue weighted by Crippen LogP contribution is -2.29. The van der Waals surface area contributed by atoms with Gasteiger partial charge < -0.3 is 9.88 Å². The second kappa shape index (κ2) is 5.44. The van der Waals surface area contributed by atoms with Crippen LogP contribution < -0.4 is 4.90 Å². The molecule has 1 aliphatic heterocycles. The Balaban J connectivity index is 1.49. The van der Waals surface area contributed by atoms with Gasteiger partial charge in [0, 0.05) is 42.8 Å². The highest BCUT2D eigenvalue weighted by Crippen LogP contribution is 2.31. The second-order valence-corrected chi connectivity index (χ2v) is 6.38. The number of para-hydroxylation sites is 1. The van der Waals surface area contributed by atoms with Crippen LogP contribution in [0.4, 0.5) is 5.82 Å². The van der Waals surface area contributed by atoms with Crippen LogP contribution in [0.25, 0.3) is 27.5 Å². The molecule has 1 N–H and O–H groups in total. The minimum atomic E-state index is 0.843. The Morgan fingerprint density at radius 2 is 2.04 bits per heavy atom. The number of fused-ring (bicyclic) bond motifs is 2. The number of hydrogen-bond donors (Lipinski definition) is 1. The number of benzene rings is 1. The van der Waals surface area contributed by atoms with Gasteiger partial charge in [-0.05, 0) is 18.1 Å². The summed E-state index contributed by atoms with van der Waals surface area (Å²) >= 11 is 0. The molecular formula is C19H18N6. The molecule has 0 saturated heterocycles. The first-order valence-corrected chi connectivity index (χ1v) is 8.44. The van der Waals surface area contributed by atoms with Crippen LogP contribution in [0.1, 0.15) is 12.0 Å². The lowest BCUT2D eigenvalue weighted by atomic mass is 9.99. The lowest BCUT2D eigenvalue weighted by molar-refractivity contribution is 0.784. The average molecular weight is 330 g/mol. The fourth-order valence-electron chi connectivity index (χ4n) is 3.65. The van der Waals surface area contributed by atoms with Crippen LogP contribution in [0.5, 0.6) is 0 Å². The van der Waals surface area contributed by atoms with E-state index in [9.17, 15) is 0 Å². The molecule has 0 bridgehead atoms. The molecule has 124 valence electrons. The molecule has 4 aromatic rings. The van der Waals surface area contributed by atoms with E-state index in [2.05, 4.69) is 61.5 Å². The van der Waals surface area contributed by atoms with Crippen LogP contribution in [0.15, 0.2) is 49.1 Å². The highest BCUT2D eigenvalue weighted by Gasteiger charge is 2.19. The normalized spacial score (nSPS) is 15.1. The predicted octanol–water partition coefficient (Wildman–Crippen LogP) is 3.14. The summed E-state index contributed by atoms with van der Waals surface area (Å²) in [5.74, 6) is 0.965. The number of H-pyrrole nitrogens is 1. The van der Waals surface area contributed by atoms with E-state index in [1.165, 1.54) is 22.0 Å². The number of aryl methyl sites for hydroxylation is 1. The van der Waals surface area contributed by atoms with Crippen LogP contribution in [-0.2, 0) is 7.05 Å². The number of aromatic amines is 1. The summed E-state index contributed by atoms with van der Waals surface area (Å²) in [5.41, 5.74) is 4.76. The van der Waals surface area contributed by atoms with Crippen molar-refractivity contribution in [3.05, 3.63) is 54.6 Å². The van der Waals surface area contributed by atoms with Crippen LogP contribution >= 0.6 is 0 Å². The molecule has 25 heavy (non-hydrogen) atoms. The van der Waals surface area contributed by atoms with E-state index >= 15 is 0 Å². The quantitative estimate of drug-likeness (QED) is 0.613. The van der Waals surface area contributed by atoms with Crippen molar-refractivity contribution in [2.45, 2.75) is 6.42 Å². The summed E-state index contributed by atoms with van der Waals surface area (Å²) in [5, 5.41) is 6.61. The standard InChI is InChI=1S/C19H18N6/c1-24-18-16(11-23-24)19(22-12-21-18)25-8-6-13(7-9-25)15-10-20-17-5-3-2-4-14(15)17/h2-6,10-12,20H,7-9H2,1H3. The van der Waals surface area contributed by atoms with E-state index in [4.69, 9.17) is 0 Å². The van der Waals surface area contributed by atoms with E-state index in [0.29, 0.717) is 0 Å². The molecule has 0 amide bonds. The predicted molar refractivity (Wildman–Crippen MR) is 99.4 cm³/mol. The van der Waals surface area contributed by atoms with Gasteiger partial charge in [0.2, 0.25) is 0 Å². The van der Waals surface area contributed by atoms with Gasteiger partial charge >= 0.3 is 0 Å². The van der Waals surface area contributed by atoms with Gasteiger partial charge in [0.1, 0.15) is 12.1 Å². The molecule has 0 saturated carbocycles. The minimum absolute atomic E-state index is 0.843. The van der Waals surface area contributed by atoms with Crippen molar-refractivity contribution in [2.75, 3.05) is 18.0 Å². The van der Waals surface area contributed by atoms with Crippen LogP contribution in [0.3, 0.4) is 0 Å². The van der Waals surface area contributed by atoms with E-state index in [1.54, 1.807) is 11.0 Å².